The van der Waals surface area contributed by atoms with Gasteiger partial charge in [-0.1, -0.05) is 18.2 Å². The average molecular weight is 259 g/mol. The molecule has 0 aliphatic carbocycles. The molecule has 2 nitrogen and oxygen atoms in total. The third-order valence-corrected chi connectivity index (χ3v) is 3.25. The van der Waals surface area contributed by atoms with E-state index < -0.39 is 11.7 Å². The van der Waals surface area contributed by atoms with Crippen molar-refractivity contribution in [2.45, 2.75) is 31.6 Å². The molecule has 0 amide bonds. The van der Waals surface area contributed by atoms with Gasteiger partial charge >= 0.3 is 6.18 Å². The maximum Gasteiger partial charge on any atom is 0.416 e. The summed E-state index contributed by atoms with van der Waals surface area (Å²) in [6.45, 7) is 3.37. The lowest BCUT2D eigenvalue weighted by molar-refractivity contribution is -0.138. The third-order valence-electron chi connectivity index (χ3n) is 3.25. The zero-order valence-corrected chi connectivity index (χ0v) is 10.2. The Morgan fingerprint density at radius 3 is 2.67 bits per heavy atom. The summed E-state index contributed by atoms with van der Waals surface area (Å²) in [5, 5.41) is 3.16. The molecule has 1 unspecified atom stereocenters. The topological polar surface area (TPSA) is 21.3 Å². The number of nitrogens with one attached hydrogen (secondary N) is 1. The predicted octanol–water partition coefficient (Wildman–Crippen LogP) is 2.97. The first-order valence-corrected chi connectivity index (χ1v) is 5.89. The summed E-state index contributed by atoms with van der Waals surface area (Å²) in [5.41, 5.74) is -0.517. The van der Waals surface area contributed by atoms with Crippen LogP contribution in [0.3, 0.4) is 0 Å². The molecule has 1 aromatic rings. The van der Waals surface area contributed by atoms with Gasteiger partial charge in [0, 0.05) is 18.7 Å². The van der Waals surface area contributed by atoms with Gasteiger partial charge in [0.15, 0.2) is 0 Å². The molecule has 1 fully saturated rings. The molecule has 0 aromatic heterocycles. The molecule has 1 heterocycles. The van der Waals surface area contributed by atoms with Gasteiger partial charge in [-0.15, -0.1) is 0 Å². The normalized spacial score (nSPS) is 24.4. The van der Waals surface area contributed by atoms with E-state index in [2.05, 4.69) is 5.32 Å². The van der Waals surface area contributed by atoms with Crippen LogP contribution in [0.25, 0.3) is 0 Å². The van der Waals surface area contributed by atoms with E-state index in [0.717, 1.165) is 12.5 Å². The molecule has 1 saturated heterocycles. The SMILES string of the molecule is CC1(NCc2ccccc2C(F)(F)F)CCOC1. The maximum absolute atomic E-state index is 12.8. The number of ether oxygens (including phenoxy) is 1. The maximum atomic E-state index is 12.8. The van der Waals surface area contributed by atoms with Crippen LogP contribution in [0, 0.1) is 0 Å². The van der Waals surface area contributed by atoms with E-state index in [-0.39, 0.29) is 17.6 Å². The molecule has 1 aromatic carbocycles. The molecule has 0 radical (unpaired) electrons. The van der Waals surface area contributed by atoms with Gasteiger partial charge in [-0.2, -0.15) is 13.2 Å². The van der Waals surface area contributed by atoms with Crippen LogP contribution >= 0.6 is 0 Å². The first-order valence-electron chi connectivity index (χ1n) is 5.89. The number of halogens is 3. The zero-order chi connectivity index (χ0) is 13.2. The predicted molar refractivity (Wildman–Crippen MR) is 62.1 cm³/mol. The summed E-state index contributed by atoms with van der Waals surface area (Å²) in [6.07, 6.45) is -3.48. The minimum absolute atomic E-state index is 0.204. The van der Waals surface area contributed by atoms with E-state index in [0.29, 0.717) is 13.2 Å². The van der Waals surface area contributed by atoms with Crippen molar-refractivity contribution in [3.05, 3.63) is 35.4 Å². The van der Waals surface area contributed by atoms with Crippen LogP contribution in [0.4, 0.5) is 13.2 Å². The van der Waals surface area contributed by atoms with Crippen molar-refractivity contribution in [2.24, 2.45) is 0 Å². The fourth-order valence-electron chi connectivity index (χ4n) is 2.07. The minimum atomic E-state index is -4.30. The summed E-state index contributed by atoms with van der Waals surface area (Å²) in [5.74, 6) is 0. The van der Waals surface area contributed by atoms with Gasteiger partial charge in [0.25, 0.3) is 0 Å². The Bertz CT molecular complexity index is 411. The standard InChI is InChI=1S/C13H16F3NO/c1-12(6-7-18-9-12)17-8-10-4-2-3-5-11(10)13(14,15)16/h2-5,17H,6-9H2,1H3. The first kappa shape index (κ1) is 13.4. The fourth-order valence-corrected chi connectivity index (χ4v) is 2.07. The average Bonchev–Trinajstić information content (AvgIpc) is 2.73. The second-order valence-corrected chi connectivity index (χ2v) is 4.87. The quantitative estimate of drug-likeness (QED) is 0.901. The second kappa shape index (κ2) is 4.90. The van der Waals surface area contributed by atoms with Gasteiger partial charge in [0.2, 0.25) is 0 Å². The number of alkyl halides is 3. The summed E-state index contributed by atoms with van der Waals surface area (Å²) < 4.78 is 43.6. The van der Waals surface area contributed by atoms with E-state index in [9.17, 15) is 13.2 Å². The summed E-state index contributed by atoms with van der Waals surface area (Å²) in [6, 6.07) is 5.66. The molecule has 1 N–H and O–H groups in total. The van der Waals surface area contributed by atoms with E-state index in [1.807, 2.05) is 6.92 Å². The van der Waals surface area contributed by atoms with Crippen LogP contribution in [-0.2, 0) is 17.5 Å². The van der Waals surface area contributed by atoms with Crippen LogP contribution in [0.5, 0.6) is 0 Å². The second-order valence-electron chi connectivity index (χ2n) is 4.87. The number of hydrogen-bond donors (Lipinski definition) is 1. The van der Waals surface area contributed by atoms with E-state index in [1.54, 1.807) is 6.07 Å². The summed E-state index contributed by atoms with van der Waals surface area (Å²) in [4.78, 5) is 0. The molecule has 0 bridgehead atoms. The van der Waals surface area contributed by atoms with Crippen LogP contribution < -0.4 is 5.32 Å². The first-order chi connectivity index (χ1) is 8.41. The number of rotatable bonds is 3. The Morgan fingerprint density at radius 1 is 1.33 bits per heavy atom. The summed E-state index contributed by atoms with van der Waals surface area (Å²) >= 11 is 0. The fraction of sp³-hybridized carbons (Fsp3) is 0.538. The lowest BCUT2D eigenvalue weighted by Crippen LogP contribution is -2.42. The Kier molecular flexibility index (Phi) is 3.64. The molecule has 1 aliphatic rings. The molecule has 100 valence electrons. The minimum Gasteiger partial charge on any atom is -0.379 e. The largest absolute Gasteiger partial charge is 0.416 e. The number of benzene rings is 1. The van der Waals surface area contributed by atoms with Gasteiger partial charge < -0.3 is 10.1 Å². The van der Waals surface area contributed by atoms with E-state index in [4.69, 9.17) is 4.74 Å². The molecular formula is C13H16F3NO. The Labute approximate surface area is 104 Å². The molecule has 1 aliphatic heterocycles. The highest BCUT2D eigenvalue weighted by molar-refractivity contribution is 5.29. The van der Waals surface area contributed by atoms with E-state index >= 15 is 0 Å². The molecular weight excluding hydrogens is 243 g/mol. The van der Waals surface area contributed by atoms with Gasteiger partial charge in [0.05, 0.1) is 12.2 Å². The van der Waals surface area contributed by atoms with Crippen molar-refractivity contribution >= 4 is 0 Å². The van der Waals surface area contributed by atoms with Gasteiger partial charge in [-0.05, 0) is 25.0 Å². The summed E-state index contributed by atoms with van der Waals surface area (Å²) in [7, 11) is 0. The highest BCUT2D eigenvalue weighted by atomic mass is 19.4. The zero-order valence-electron chi connectivity index (χ0n) is 10.2. The van der Waals surface area contributed by atoms with Crippen LogP contribution in [-0.4, -0.2) is 18.8 Å². The van der Waals surface area contributed by atoms with Crippen LogP contribution in [0.15, 0.2) is 24.3 Å². The Hall–Kier alpha value is -1.07. The Morgan fingerprint density at radius 2 is 2.06 bits per heavy atom. The van der Waals surface area contributed by atoms with Gasteiger partial charge in [0.1, 0.15) is 0 Å². The molecule has 2 rings (SSSR count). The van der Waals surface area contributed by atoms with Crippen molar-refractivity contribution in [3.8, 4) is 0 Å². The smallest absolute Gasteiger partial charge is 0.379 e. The van der Waals surface area contributed by atoms with E-state index in [1.165, 1.54) is 12.1 Å². The monoisotopic (exact) mass is 259 g/mol. The highest BCUT2D eigenvalue weighted by Crippen LogP contribution is 2.32. The van der Waals surface area contributed by atoms with Crippen molar-refractivity contribution in [3.63, 3.8) is 0 Å². The van der Waals surface area contributed by atoms with Gasteiger partial charge in [-0.3, -0.25) is 0 Å². The molecule has 18 heavy (non-hydrogen) atoms. The highest BCUT2D eigenvalue weighted by Gasteiger charge is 2.34. The van der Waals surface area contributed by atoms with Crippen LogP contribution in [0.1, 0.15) is 24.5 Å². The Balaban J connectivity index is 2.10. The van der Waals surface area contributed by atoms with Gasteiger partial charge in [-0.25, -0.2) is 0 Å². The van der Waals surface area contributed by atoms with Crippen molar-refractivity contribution in [2.75, 3.05) is 13.2 Å². The van der Waals surface area contributed by atoms with Crippen molar-refractivity contribution in [1.29, 1.82) is 0 Å². The molecule has 1 atom stereocenters. The van der Waals surface area contributed by atoms with Crippen LogP contribution in [0.2, 0.25) is 0 Å². The van der Waals surface area contributed by atoms with Crippen molar-refractivity contribution < 1.29 is 17.9 Å². The molecule has 0 spiro atoms. The lowest BCUT2D eigenvalue weighted by atomic mass is 10.00. The third kappa shape index (κ3) is 3.03. The number of hydrogen-bond acceptors (Lipinski definition) is 2. The molecule has 5 heteroatoms. The lowest BCUT2D eigenvalue weighted by Gasteiger charge is -2.24. The van der Waals surface area contributed by atoms with Crippen molar-refractivity contribution in [1.82, 2.24) is 5.32 Å². The molecule has 0 saturated carbocycles.